The molecule has 1 amide bonds. The van der Waals surface area contributed by atoms with E-state index < -0.39 is 22.4 Å². The first-order chi connectivity index (χ1) is 14.5. The van der Waals surface area contributed by atoms with Crippen LogP contribution < -0.4 is 26.8 Å². The second-order valence-electron chi connectivity index (χ2n) is 7.82. The Kier molecular flexibility index (Phi) is 4.43. The van der Waals surface area contributed by atoms with Gasteiger partial charge in [-0.25, -0.2) is 0 Å². The molecule has 0 saturated carbocycles. The monoisotopic (exact) mass is 428 g/mol. The van der Waals surface area contributed by atoms with Crippen molar-refractivity contribution in [3.05, 3.63) is 72.4 Å². The third-order valence-electron chi connectivity index (χ3n) is 5.27. The van der Waals surface area contributed by atoms with Gasteiger partial charge in [0.2, 0.25) is 0 Å². The van der Waals surface area contributed by atoms with E-state index >= 15 is 0 Å². The van der Waals surface area contributed by atoms with E-state index in [-0.39, 0.29) is 23.7 Å². The molecule has 3 N–H and O–H groups in total. The summed E-state index contributed by atoms with van der Waals surface area (Å²) >= 11 is 6.33. The fourth-order valence-electron chi connectivity index (χ4n) is 3.77. The number of benzene rings is 1. The van der Waals surface area contributed by atoms with Gasteiger partial charge in [0, 0.05) is 10.6 Å². The summed E-state index contributed by atoms with van der Waals surface area (Å²) in [5.74, 6) is 0.642. The van der Waals surface area contributed by atoms with Crippen molar-refractivity contribution >= 4 is 34.6 Å². The van der Waals surface area contributed by atoms with Crippen molar-refractivity contribution < 1.29 is 10.6 Å². The summed E-state index contributed by atoms with van der Waals surface area (Å²) in [6.07, 6.45) is 0.283. The van der Waals surface area contributed by atoms with E-state index in [1.54, 1.807) is 38.1 Å². The Morgan fingerprint density at radius 3 is 2.50 bits per heavy atom. The van der Waals surface area contributed by atoms with Crippen LogP contribution in [0.15, 0.2) is 38.3 Å². The molecule has 3 aromatic rings. The van der Waals surface area contributed by atoms with Gasteiger partial charge in [0.1, 0.15) is 22.9 Å². The molecular weight excluding hydrogens is 406 g/mol. The number of anilines is 3. The smallest absolute Gasteiger partial charge is 0.254 e. The fraction of sp³-hybridized carbons (Fsp3) is 0.318. The predicted molar refractivity (Wildman–Crippen MR) is 117 cm³/mol. The molecule has 156 valence electrons. The second-order valence-corrected chi connectivity index (χ2v) is 8.23. The van der Waals surface area contributed by atoms with E-state index in [2.05, 4.69) is 16.0 Å². The topological polar surface area (TPSA) is 100 Å². The summed E-state index contributed by atoms with van der Waals surface area (Å²) in [6, 6.07) is 5.18. The molecule has 1 aliphatic rings. The maximum atomic E-state index is 12.6. The van der Waals surface area contributed by atoms with Gasteiger partial charge in [0.15, 0.2) is 0 Å². The second kappa shape index (κ2) is 7.02. The molecule has 8 heteroatoms. The Bertz CT molecular complexity index is 1290. The minimum atomic E-state index is -1.44. The standard InChI is InChI=1S/C22H22ClN3O4/c1-5-12(14-9-6-10(2)30-14)24-17-18(20(28)19(17)27)25-13-8-7-11(23)16-15(13)21(29)26-22(16,3)4/h6-9,12,24-25H,5H2,1-4H3,(H,26,29)/i12D. The van der Waals surface area contributed by atoms with Crippen LogP contribution in [0.1, 0.15) is 62.0 Å². The van der Waals surface area contributed by atoms with Gasteiger partial charge in [-0.05, 0) is 51.5 Å². The quantitative estimate of drug-likeness (QED) is 0.510. The Morgan fingerprint density at radius 2 is 1.87 bits per heavy atom. The first-order valence-corrected chi connectivity index (χ1v) is 9.97. The number of halogens is 1. The van der Waals surface area contributed by atoms with Crippen molar-refractivity contribution in [1.82, 2.24) is 5.32 Å². The highest BCUT2D eigenvalue weighted by Crippen LogP contribution is 2.41. The third kappa shape index (κ3) is 3.10. The molecule has 0 radical (unpaired) electrons. The van der Waals surface area contributed by atoms with Gasteiger partial charge in [-0.15, -0.1) is 0 Å². The molecule has 0 fully saturated rings. The van der Waals surface area contributed by atoms with Gasteiger partial charge in [0.25, 0.3) is 16.8 Å². The molecule has 1 unspecified atom stereocenters. The molecule has 1 aromatic heterocycles. The minimum absolute atomic E-state index is 0.000353. The highest BCUT2D eigenvalue weighted by atomic mass is 35.5. The molecule has 0 bridgehead atoms. The van der Waals surface area contributed by atoms with Crippen LogP contribution >= 0.6 is 11.6 Å². The molecule has 2 aromatic carbocycles. The molecule has 1 atom stereocenters. The molecule has 30 heavy (non-hydrogen) atoms. The Morgan fingerprint density at radius 1 is 1.17 bits per heavy atom. The van der Waals surface area contributed by atoms with Crippen LogP contribution in [0.3, 0.4) is 0 Å². The zero-order chi connectivity index (χ0) is 22.7. The molecule has 0 spiro atoms. The van der Waals surface area contributed by atoms with Crippen LogP contribution in [0.2, 0.25) is 5.02 Å². The average molecular weight is 429 g/mol. The van der Waals surface area contributed by atoms with E-state index in [0.29, 0.717) is 33.4 Å². The maximum absolute atomic E-state index is 12.6. The number of furan rings is 1. The Balaban J connectivity index is 1.73. The number of hydrogen-bond donors (Lipinski definition) is 3. The van der Waals surface area contributed by atoms with Gasteiger partial charge in [-0.3, -0.25) is 14.4 Å². The summed E-state index contributed by atoms with van der Waals surface area (Å²) in [5, 5.41) is 9.07. The van der Waals surface area contributed by atoms with E-state index in [1.807, 2.05) is 13.8 Å². The lowest BCUT2D eigenvalue weighted by molar-refractivity contribution is 0.0941. The van der Waals surface area contributed by atoms with Crippen molar-refractivity contribution in [2.24, 2.45) is 0 Å². The lowest BCUT2D eigenvalue weighted by atomic mass is 9.93. The first-order valence-electron chi connectivity index (χ1n) is 10.1. The third-order valence-corrected chi connectivity index (χ3v) is 5.58. The normalized spacial score (nSPS) is 17.2. The lowest BCUT2D eigenvalue weighted by Gasteiger charge is -2.22. The Hall–Kier alpha value is -3.06. The van der Waals surface area contributed by atoms with Crippen LogP contribution in [0, 0.1) is 6.92 Å². The van der Waals surface area contributed by atoms with Crippen LogP contribution in [0.5, 0.6) is 0 Å². The first kappa shape index (κ1) is 18.9. The number of carbonyl (C=O) groups excluding carboxylic acids is 1. The van der Waals surface area contributed by atoms with Gasteiger partial charge in [0.05, 0.1) is 24.2 Å². The minimum Gasteiger partial charge on any atom is -0.464 e. The molecule has 7 nitrogen and oxygen atoms in total. The van der Waals surface area contributed by atoms with Gasteiger partial charge in [-0.2, -0.15) is 0 Å². The predicted octanol–water partition coefficient (Wildman–Crippen LogP) is 4.12. The van der Waals surface area contributed by atoms with Crippen LogP contribution in [-0.2, 0) is 5.54 Å². The van der Waals surface area contributed by atoms with Crippen LogP contribution in [-0.4, -0.2) is 5.91 Å². The number of rotatable bonds is 6. The summed E-state index contributed by atoms with van der Waals surface area (Å²) in [6.45, 7) is 7.20. The largest absolute Gasteiger partial charge is 0.464 e. The molecule has 0 aliphatic carbocycles. The maximum Gasteiger partial charge on any atom is 0.254 e. The average Bonchev–Trinajstić information content (AvgIpc) is 3.26. The van der Waals surface area contributed by atoms with Gasteiger partial charge < -0.3 is 20.4 Å². The molecule has 0 saturated heterocycles. The number of carbonyl (C=O) groups is 1. The zero-order valence-electron chi connectivity index (χ0n) is 18.0. The van der Waals surface area contributed by atoms with Crippen LogP contribution in [0.4, 0.5) is 17.1 Å². The lowest BCUT2D eigenvalue weighted by Crippen LogP contribution is -2.37. The van der Waals surface area contributed by atoms with E-state index in [1.165, 1.54) is 0 Å². The molecule has 4 rings (SSSR count). The Labute approximate surface area is 179 Å². The van der Waals surface area contributed by atoms with Gasteiger partial charge in [-0.1, -0.05) is 18.5 Å². The van der Waals surface area contributed by atoms with E-state index in [4.69, 9.17) is 17.4 Å². The summed E-state index contributed by atoms with van der Waals surface area (Å²) in [7, 11) is 0. The number of fused-ring (bicyclic) bond motifs is 1. The summed E-state index contributed by atoms with van der Waals surface area (Å²) < 4.78 is 14.3. The highest BCUT2D eigenvalue weighted by Gasteiger charge is 2.39. The van der Waals surface area contributed by atoms with Crippen molar-refractivity contribution in [3.63, 3.8) is 0 Å². The fourth-order valence-corrected chi connectivity index (χ4v) is 4.17. The summed E-state index contributed by atoms with van der Waals surface area (Å²) in [5.41, 5.74) is -0.843. The van der Waals surface area contributed by atoms with E-state index in [9.17, 15) is 14.4 Å². The zero-order valence-corrected chi connectivity index (χ0v) is 17.8. The number of nitrogens with one attached hydrogen (secondary N) is 3. The van der Waals surface area contributed by atoms with E-state index in [0.717, 1.165) is 0 Å². The molecule has 2 heterocycles. The van der Waals surface area contributed by atoms with Crippen molar-refractivity contribution in [1.29, 1.82) is 0 Å². The SMILES string of the molecule is [2H]C(CC)(Nc1c(Nc2ccc(Cl)c3c2C(=O)NC3(C)C)c(=O)c1=O)c1ccc(C)o1. The number of amides is 1. The highest BCUT2D eigenvalue weighted by molar-refractivity contribution is 6.32. The van der Waals surface area contributed by atoms with Crippen molar-refractivity contribution in [2.45, 2.75) is 45.7 Å². The van der Waals surface area contributed by atoms with Gasteiger partial charge >= 0.3 is 0 Å². The van der Waals surface area contributed by atoms with Crippen molar-refractivity contribution in [2.75, 3.05) is 10.6 Å². The number of hydrogen-bond acceptors (Lipinski definition) is 6. The number of aryl methyl sites for hydroxylation is 1. The molecule has 1 aliphatic heterocycles. The van der Waals surface area contributed by atoms with Crippen LogP contribution in [0.25, 0.3) is 0 Å². The summed E-state index contributed by atoms with van der Waals surface area (Å²) in [4.78, 5) is 37.3. The van der Waals surface area contributed by atoms with Crippen molar-refractivity contribution in [3.8, 4) is 0 Å². The molecular formula is C22H22ClN3O4.